The molecule has 88 valence electrons. The summed E-state index contributed by atoms with van der Waals surface area (Å²) in [6.07, 6.45) is 7.25. The largest absolute Gasteiger partial charge is 0.673 e. The molecule has 16 heavy (non-hydrogen) atoms. The Kier molecular flexibility index (Phi) is 7.57. The van der Waals surface area contributed by atoms with Gasteiger partial charge in [-0.15, -0.1) is 0 Å². The molecule has 0 bridgehead atoms. The maximum atomic E-state index is 9.75. The highest BCUT2D eigenvalue weighted by Crippen LogP contribution is 2.06. The fourth-order valence-electron chi connectivity index (χ4n) is 0.590. The van der Waals surface area contributed by atoms with E-state index < -0.39 is 7.25 Å². The molecular weight excluding hydrogens is 223 g/mol. The van der Waals surface area contributed by atoms with Crippen LogP contribution in [0.2, 0.25) is 0 Å². The summed E-state index contributed by atoms with van der Waals surface area (Å²) in [6, 6.07) is 9.60. The minimum atomic E-state index is -6.00. The molecule has 0 radical (unpaired) electrons. The van der Waals surface area contributed by atoms with E-state index in [0.717, 1.165) is 0 Å². The zero-order chi connectivity index (χ0) is 12.3. The number of pyridine rings is 1. The van der Waals surface area contributed by atoms with Crippen LogP contribution in [0.25, 0.3) is 0 Å². The summed E-state index contributed by atoms with van der Waals surface area (Å²) in [5.74, 6) is 0. The molecule has 2 nitrogen and oxygen atoms in total. The van der Waals surface area contributed by atoms with Crippen molar-refractivity contribution in [3.8, 4) is 0 Å². The number of rotatable bonds is 0. The summed E-state index contributed by atoms with van der Waals surface area (Å²) in [5.41, 5.74) is 0. The van der Waals surface area contributed by atoms with Crippen molar-refractivity contribution in [3.05, 3.63) is 55.1 Å². The Morgan fingerprint density at radius 3 is 1.31 bits per heavy atom. The normalized spacial score (nSPS) is 9.25. The van der Waals surface area contributed by atoms with E-state index in [1.165, 1.54) is 0 Å². The predicted octanol–water partition coefficient (Wildman–Crippen LogP) is 3.40. The minimum absolute atomic E-state index is 1.75. The zero-order valence-electron chi connectivity index (χ0n) is 8.23. The molecule has 0 amide bonds. The van der Waals surface area contributed by atoms with E-state index in [0.29, 0.717) is 0 Å². The van der Waals surface area contributed by atoms with E-state index in [1.807, 2.05) is 42.7 Å². The molecule has 0 saturated carbocycles. The number of nitrogens with zero attached hydrogens (tertiary/aromatic N) is 1. The number of nitrogens with one attached hydrogen (secondary N) is 1. The van der Waals surface area contributed by atoms with Crippen LogP contribution < -0.4 is 0 Å². The third-order valence-corrected chi connectivity index (χ3v) is 1.06. The second-order valence-electron chi connectivity index (χ2n) is 2.40. The monoisotopic (exact) mass is 233 g/mol. The second kappa shape index (κ2) is 8.52. The van der Waals surface area contributed by atoms with Gasteiger partial charge in [-0.05, 0) is 24.3 Å². The lowest BCUT2D eigenvalue weighted by molar-refractivity contribution is 0.368. The van der Waals surface area contributed by atoms with Gasteiger partial charge in [0.1, 0.15) is 0 Å². The molecule has 2 aromatic rings. The van der Waals surface area contributed by atoms with E-state index >= 15 is 0 Å². The van der Waals surface area contributed by atoms with Crippen LogP contribution in [0.3, 0.4) is 0 Å². The molecule has 2 aromatic heterocycles. The lowest BCUT2D eigenvalue weighted by Gasteiger charge is -1.94. The smallest absolute Gasteiger partial charge is 0.418 e. The van der Waals surface area contributed by atoms with Gasteiger partial charge in [-0.3, -0.25) is 4.98 Å². The van der Waals surface area contributed by atoms with E-state index in [4.69, 9.17) is 0 Å². The molecule has 1 N–H and O–H groups in total. The van der Waals surface area contributed by atoms with Gasteiger partial charge >= 0.3 is 7.25 Å². The summed E-state index contributed by atoms with van der Waals surface area (Å²) in [5, 5.41) is 0. The van der Waals surface area contributed by atoms with E-state index in [-0.39, 0.29) is 0 Å². The third kappa shape index (κ3) is 18.1. The van der Waals surface area contributed by atoms with Gasteiger partial charge in [0, 0.05) is 24.8 Å². The van der Waals surface area contributed by atoms with Crippen molar-refractivity contribution in [1.82, 2.24) is 9.97 Å². The first-order valence-corrected chi connectivity index (χ1v) is 4.30. The van der Waals surface area contributed by atoms with Gasteiger partial charge in [-0.25, -0.2) is 0 Å². The Balaban J connectivity index is 0.000000213. The highest BCUT2D eigenvalue weighted by atomic mass is 19.5. The lowest BCUT2D eigenvalue weighted by atomic mass is 10.3. The average molecular weight is 233 g/mol. The fraction of sp³-hybridized carbons (Fsp3) is 0. The predicted molar refractivity (Wildman–Crippen MR) is 55.2 cm³/mol. The zero-order valence-corrected chi connectivity index (χ0v) is 8.23. The Morgan fingerprint density at radius 1 is 0.750 bits per heavy atom. The molecule has 2 rings (SSSR count). The van der Waals surface area contributed by atoms with E-state index in [2.05, 4.69) is 9.97 Å². The van der Waals surface area contributed by atoms with Crippen molar-refractivity contribution in [2.75, 3.05) is 0 Å². The van der Waals surface area contributed by atoms with Crippen LogP contribution in [0.4, 0.5) is 17.3 Å². The van der Waals surface area contributed by atoms with E-state index in [9.17, 15) is 17.3 Å². The van der Waals surface area contributed by atoms with Crippen molar-refractivity contribution < 1.29 is 17.3 Å². The number of hydrogen-bond acceptors (Lipinski definition) is 1. The molecule has 0 aliphatic carbocycles. The lowest BCUT2D eigenvalue weighted by Crippen LogP contribution is -2.02. The van der Waals surface area contributed by atoms with Crippen LogP contribution >= 0.6 is 0 Å². The van der Waals surface area contributed by atoms with Gasteiger partial charge in [-0.2, -0.15) is 0 Å². The number of halogens is 4. The first-order valence-electron chi connectivity index (χ1n) is 4.30. The maximum absolute atomic E-state index is 9.75. The van der Waals surface area contributed by atoms with E-state index in [1.54, 1.807) is 12.4 Å². The standard InChI is InChI=1S/C5H5N.C4H5N.BF4/c1-2-4-6-5-3-1;1-2-4-5-3-1;2-1(3,4)5/h1-5H;1-5H;/q;;-1. The Bertz CT molecular complexity index is 273. The second-order valence-corrected chi connectivity index (χ2v) is 2.40. The van der Waals surface area contributed by atoms with Gasteiger partial charge in [-0.1, -0.05) is 6.07 Å². The molecule has 2 heterocycles. The van der Waals surface area contributed by atoms with Crippen molar-refractivity contribution in [1.29, 1.82) is 0 Å². The first kappa shape index (κ1) is 14.2. The van der Waals surface area contributed by atoms with Crippen molar-refractivity contribution in [3.63, 3.8) is 0 Å². The van der Waals surface area contributed by atoms with Gasteiger partial charge in [0.15, 0.2) is 0 Å². The Hall–Kier alpha value is -1.79. The number of aromatic nitrogens is 2. The summed E-state index contributed by atoms with van der Waals surface area (Å²) in [6.45, 7) is 0. The minimum Gasteiger partial charge on any atom is -0.418 e. The maximum Gasteiger partial charge on any atom is 0.673 e. The van der Waals surface area contributed by atoms with Crippen molar-refractivity contribution in [2.24, 2.45) is 0 Å². The van der Waals surface area contributed by atoms with Crippen LogP contribution in [0.1, 0.15) is 0 Å². The highest BCUT2D eigenvalue weighted by molar-refractivity contribution is 6.50. The molecule has 0 aliphatic rings. The SMILES string of the molecule is F[B-](F)(F)F.c1cc[nH]c1.c1ccncc1. The van der Waals surface area contributed by atoms with Crippen LogP contribution in [-0.2, 0) is 0 Å². The molecule has 0 aromatic carbocycles. The van der Waals surface area contributed by atoms with Crippen molar-refractivity contribution in [2.45, 2.75) is 0 Å². The van der Waals surface area contributed by atoms with Crippen molar-refractivity contribution >= 4 is 7.25 Å². The van der Waals surface area contributed by atoms with Crippen LogP contribution in [-0.4, -0.2) is 17.2 Å². The van der Waals surface area contributed by atoms with Gasteiger partial charge in [0.05, 0.1) is 0 Å². The topological polar surface area (TPSA) is 28.7 Å². The molecule has 0 unspecified atom stereocenters. The third-order valence-electron chi connectivity index (χ3n) is 1.06. The van der Waals surface area contributed by atoms with Gasteiger partial charge in [0.2, 0.25) is 0 Å². The van der Waals surface area contributed by atoms with Gasteiger partial charge in [0.25, 0.3) is 0 Å². The first-order chi connectivity index (χ1) is 7.50. The molecular formula is C9H10BF4N2-. The molecule has 0 saturated heterocycles. The van der Waals surface area contributed by atoms with Crippen LogP contribution in [0.5, 0.6) is 0 Å². The molecule has 0 atom stereocenters. The summed E-state index contributed by atoms with van der Waals surface area (Å²) in [4.78, 5) is 6.65. The molecule has 0 spiro atoms. The van der Waals surface area contributed by atoms with Crippen LogP contribution in [0.15, 0.2) is 55.1 Å². The quantitative estimate of drug-likeness (QED) is 0.548. The summed E-state index contributed by atoms with van der Waals surface area (Å²) in [7, 11) is -6.00. The Morgan fingerprint density at radius 2 is 1.19 bits per heavy atom. The number of H-pyrrole nitrogens is 1. The number of hydrogen-bond donors (Lipinski definition) is 1. The highest BCUT2D eigenvalue weighted by Gasteiger charge is 2.20. The Labute approximate surface area is 90.4 Å². The fourth-order valence-corrected chi connectivity index (χ4v) is 0.590. The summed E-state index contributed by atoms with van der Waals surface area (Å²) >= 11 is 0. The molecule has 0 aliphatic heterocycles. The van der Waals surface area contributed by atoms with Crippen LogP contribution in [0, 0.1) is 0 Å². The average Bonchev–Trinajstić information content (AvgIpc) is 2.75. The van der Waals surface area contributed by atoms with Gasteiger partial charge < -0.3 is 22.2 Å². The molecule has 7 heteroatoms. The summed E-state index contributed by atoms with van der Waals surface area (Å²) < 4.78 is 39.0. The molecule has 0 fully saturated rings. The number of aromatic amines is 1.